The minimum Gasteiger partial charge on any atom is -0.317 e. The van der Waals surface area contributed by atoms with Crippen LogP contribution in [0.3, 0.4) is 0 Å². The molecule has 3 heteroatoms. The maximum Gasteiger partial charge on any atom is 0.0346 e. The number of nitrogens with one attached hydrogen (secondary N) is 1. The van der Waals surface area contributed by atoms with Gasteiger partial charge < -0.3 is 5.21 Å². The van der Waals surface area contributed by atoms with E-state index in [1.54, 1.807) is 6.20 Å². The number of pyridine rings is 1. The zero-order valence-electron chi connectivity index (χ0n) is 12.2. The van der Waals surface area contributed by atoms with E-state index in [0.29, 0.717) is 6.54 Å². The highest BCUT2D eigenvalue weighted by atomic mass is 16.5. The minimum absolute atomic E-state index is 0.665. The predicted molar refractivity (Wildman–Crippen MR) is 86.0 cm³/mol. The zero-order chi connectivity index (χ0) is 14.8. The van der Waals surface area contributed by atoms with Crippen LogP contribution in [0, 0.1) is 0 Å². The summed E-state index contributed by atoms with van der Waals surface area (Å²) < 4.78 is 0. The molecule has 110 valence electrons. The molecule has 21 heavy (non-hydrogen) atoms. The van der Waals surface area contributed by atoms with Crippen LogP contribution in [-0.4, -0.2) is 16.7 Å². The van der Waals surface area contributed by atoms with E-state index in [1.165, 1.54) is 11.1 Å². The van der Waals surface area contributed by atoms with Crippen LogP contribution >= 0.6 is 0 Å². The Morgan fingerprint density at radius 3 is 2.52 bits per heavy atom. The van der Waals surface area contributed by atoms with Gasteiger partial charge in [0, 0.05) is 24.5 Å². The first-order valence-corrected chi connectivity index (χ1v) is 7.45. The van der Waals surface area contributed by atoms with Gasteiger partial charge in [0.1, 0.15) is 0 Å². The molecule has 0 atom stereocenters. The third kappa shape index (κ3) is 5.14. The number of hydrogen-bond acceptors (Lipinski definition) is 3. The van der Waals surface area contributed by atoms with Gasteiger partial charge in [-0.2, -0.15) is 0 Å². The number of hydrogen-bond donors (Lipinski definition) is 2. The molecule has 0 aliphatic heterocycles. The molecule has 0 fully saturated rings. The molecule has 2 aromatic rings. The molecule has 1 heterocycles. The van der Waals surface area contributed by atoms with E-state index >= 15 is 0 Å². The quantitative estimate of drug-likeness (QED) is 0.567. The highest BCUT2D eigenvalue weighted by molar-refractivity contribution is 5.79. The fourth-order valence-corrected chi connectivity index (χ4v) is 2.31. The van der Waals surface area contributed by atoms with Crippen molar-refractivity contribution >= 4 is 5.57 Å². The number of nitrogens with zero attached hydrogens (tertiary/aromatic N) is 1. The summed E-state index contributed by atoms with van der Waals surface area (Å²) in [6, 6.07) is 14.5. The first-order valence-electron chi connectivity index (χ1n) is 7.45. The monoisotopic (exact) mass is 282 g/mol. The molecule has 0 aliphatic carbocycles. The number of rotatable bonds is 8. The maximum absolute atomic E-state index is 8.54. The van der Waals surface area contributed by atoms with Gasteiger partial charge in [0.25, 0.3) is 0 Å². The fraction of sp³-hybridized carbons (Fsp3) is 0.278. The van der Waals surface area contributed by atoms with E-state index in [1.807, 2.05) is 18.3 Å². The second-order valence-corrected chi connectivity index (χ2v) is 4.98. The summed E-state index contributed by atoms with van der Waals surface area (Å²) in [5.41, 5.74) is 5.81. The molecule has 0 spiro atoms. The maximum atomic E-state index is 8.54. The average molecular weight is 282 g/mol. The SMILES string of the molecule is ONCCCCC/C=C(\c1ccccc1)c1cccnc1. The molecule has 0 radical (unpaired) electrons. The van der Waals surface area contributed by atoms with Gasteiger partial charge in [-0.3, -0.25) is 4.98 Å². The Morgan fingerprint density at radius 1 is 1.00 bits per heavy atom. The van der Waals surface area contributed by atoms with Crippen LogP contribution in [0.2, 0.25) is 0 Å². The number of allylic oxidation sites excluding steroid dienone is 1. The highest BCUT2D eigenvalue weighted by Gasteiger charge is 2.04. The van der Waals surface area contributed by atoms with Crippen LogP contribution in [0.4, 0.5) is 0 Å². The van der Waals surface area contributed by atoms with Crippen LogP contribution in [0.25, 0.3) is 5.57 Å². The van der Waals surface area contributed by atoms with Gasteiger partial charge in [-0.15, -0.1) is 0 Å². The fourth-order valence-electron chi connectivity index (χ4n) is 2.31. The van der Waals surface area contributed by atoms with Gasteiger partial charge >= 0.3 is 0 Å². The van der Waals surface area contributed by atoms with E-state index in [9.17, 15) is 0 Å². The van der Waals surface area contributed by atoms with Crippen molar-refractivity contribution in [3.05, 3.63) is 72.1 Å². The lowest BCUT2D eigenvalue weighted by atomic mass is 9.97. The number of unbranched alkanes of at least 4 members (excludes halogenated alkanes) is 3. The Labute approximate surface area is 126 Å². The Hall–Kier alpha value is -1.97. The molecule has 0 saturated heterocycles. The molecule has 1 aromatic carbocycles. The smallest absolute Gasteiger partial charge is 0.0346 e. The largest absolute Gasteiger partial charge is 0.317 e. The summed E-state index contributed by atoms with van der Waals surface area (Å²) in [5.74, 6) is 0. The van der Waals surface area contributed by atoms with Gasteiger partial charge in [0.05, 0.1) is 0 Å². The summed E-state index contributed by atoms with van der Waals surface area (Å²) in [4.78, 5) is 4.22. The Balaban J connectivity index is 2.06. The van der Waals surface area contributed by atoms with Crippen LogP contribution < -0.4 is 5.48 Å². The molecule has 1 aromatic heterocycles. The van der Waals surface area contributed by atoms with Crippen molar-refractivity contribution in [1.29, 1.82) is 0 Å². The number of benzene rings is 1. The number of hydroxylamine groups is 1. The van der Waals surface area contributed by atoms with Crippen LogP contribution in [0.15, 0.2) is 60.9 Å². The summed E-state index contributed by atoms with van der Waals surface area (Å²) in [6.45, 7) is 0.665. The lowest BCUT2D eigenvalue weighted by Gasteiger charge is -2.08. The lowest BCUT2D eigenvalue weighted by molar-refractivity contribution is 0.164. The van der Waals surface area contributed by atoms with E-state index < -0.39 is 0 Å². The molecule has 2 rings (SSSR count). The van der Waals surface area contributed by atoms with Gasteiger partial charge in [-0.1, -0.05) is 48.9 Å². The van der Waals surface area contributed by atoms with Gasteiger partial charge in [0.15, 0.2) is 0 Å². The second kappa shape index (κ2) is 9.06. The van der Waals surface area contributed by atoms with E-state index in [-0.39, 0.29) is 0 Å². The standard InChI is InChI=1S/C18H22N2O/c21-20-14-7-2-1-6-12-18(16-9-4-3-5-10-16)17-11-8-13-19-15-17/h3-5,8-13,15,20-21H,1-2,6-7,14H2/b18-12+. The van der Waals surface area contributed by atoms with Crippen molar-refractivity contribution in [1.82, 2.24) is 10.5 Å². The summed E-state index contributed by atoms with van der Waals surface area (Å²) in [7, 11) is 0. The third-order valence-corrected chi connectivity index (χ3v) is 3.40. The van der Waals surface area contributed by atoms with Gasteiger partial charge in [-0.05, 0) is 36.5 Å². The van der Waals surface area contributed by atoms with E-state index in [4.69, 9.17) is 5.21 Å². The van der Waals surface area contributed by atoms with Crippen LogP contribution in [0.5, 0.6) is 0 Å². The topological polar surface area (TPSA) is 45.1 Å². The summed E-state index contributed by atoms with van der Waals surface area (Å²) in [5, 5.41) is 8.54. The zero-order valence-corrected chi connectivity index (χ0v) is 12.2. The van der Waals surface area contributed by atoms with Crippen molar-refractivity contribution in [2.24, 2.45) is 0 Å². The molecule has 0 unspecified atom stereocenters. The molecular formula is C18H22N2O. The summed E-state index contributed by atoms with van der Waals surface area (Å²) in [6.07, 6.45) is 10.3. The molecule has 2 N–H and O–H groups in total. The minimum atomic E-state index is 0.665. The molecule has 0 bridgehead atoms. The second-order valence-electron chi connectivity index (χ2n) is 4.98. The van der Waals surface area contributed by atoms with E-state index in [0.717, 1.165) is 31.2 Å². The molecule has 3 nitrogen and oxygen atoms in total. The molecular weight excluding hydrogens is 260 g/mol. The Bertz CT molecular complexity index is 496. The van der Waals surface area contributed by atoms with Crippen LogP contribution in [-0.2, 0) is 0 Å². The predicted octanol–water partition coefficient (Wildman–Crippen LogP) is 4.05. The van der Waals surface area contributed by atoms with E-state index in [2.05, 4.69) is 46.9 Å². The van der Waals surface area contributed by atoms with Gasteiger partial charge in [-0.25, -0.2) is 5.48 Å². The Kier molecular flexibility index (Phi) is 6.65. The third-order valence-electron chi connectivity index (χ3n) is 3.40. The van der Waals surface area contributed by atoms with Crippen molar-refractivity contribution in [3.8, 4) is 0 Å². The first kappa shape index (κ1) is 15.4. The Morgan fingerprint density at radius 2 is 1.81 bits per heavy atom. The van der Waals surface area contributed by atoms with Crippen LogP contribution in [0.1, 0.15) is 36.8 Å². The number of aromatic nitrogens is 1. The van der Waals surface area contributed by atoms with Gasteiger partial charge in [0.2, 0.25) is 0 Å². The molecule has 0 saturated carbocycles. The first-order chi connectivity index (χ1) is 10.4. The van der Waals surface area contributed by atoms with Crippen molar-refractivity contribution < 1.29 is 5.21 Å². The average Bonchev–Trinajstić information content (AvgIpc) is 2.56. The highest BCUT2D eigenvalue weighted by Crippen LogP contribution is 2.23. The van der Waals surface area contributed by atoms with Crippen molar-refractivity contribution in [2.45, 2.75) is 25.7 Å². The van der Waals surface area contributed by atoms with Crippen molar-refractivity contribution in [2.75, 3.05) is 6.54 Å². The molecule has 0 aliphatic rings. The normalized spacial score (nSPS) is 11.6. The lowest BCUT2D eigenvalue weighted by Crippen LogP contribution is -2.07. The van der Waals surface area contributed by atoms with Crippen molar-refractivity contribution in [3.63, 3.8) is 0 Å². The summed E-state index contributed by atoms with van der Waals surface area (Å²) >= 11 is 0. The molecule has 0 amide bonds.